The van der Waals surface area contributed by atoms with E-state index in [0.717, 1.165) is 6.07 Å². The number of carbonyl (C=O) groups is 1. The molecular formula is C21H15F4NO2S. The standard InChI is InChI=1S/C21H15F4NO2S/c1-28-20(27)18-10-11-26(18)19(29)15-9-7-13(16(12-15)21(23,24)25)6-8-14-4-2-3-5-17(14)22/h2-5,7,9,12,18H,10-11H2,1H3/t18-/m1/s1. The molecule has 0 saturated carbocycles. The summed E-state index contributed by atoms with van der Waals surface area (Å²) in [5.74, 6) is 3.73. The fourth-order valence-corrected chi connectivity index (χ4v) is 3.24. The Kier molecular flexibility index (Phi) is 5.89. The third-order valence-corrected chi connectivity index (χ3v) is 5.00. The number of nitrogens with zero attached hydrogens (tertiary/aromatic N) is 1. The van der Waals surface area contributed by atoms with Crippen molar-refractivity contribution in [3.05, 3.63) is 70.5 Å². The van der Waals surface area contributed by atoms with Crippen LogP contribution in [-0.4, -0.2) is 35.6 Å². The van der Waals surface area contributed by atoms with Crippen molar-refractivity contribution in [3.63, 3.8) is 0 Å². The van der Waals surface area contributed by atoms with Gasteiger partial charge in [-0.3, -0.25) is 0 Å². The van der Waals surface area contributed by atoms with Gasteiger partial charge in [-0.05, 0) is 30.7 Å². The lowest BCUT2D eigenvalue weighted by molar-refractivity contribution is -0.148. The van der Waals surface area contributed by atoms with Crippen LogP contribution in [-0.2, 0) is 15.7 Å². The molecule has 0 spiro atoms. The summed E-state index contributed by atoms with van der Waals surface area (Å²) in [6, 6.07) is 8.50. The topological polar surface area (TPSA) is 29.5 Å². The molecule has 29 heavy (non-hydrogen) atoms. The van der Waals surface area contributed by atoms with Gasteiger partial charge in [0.2, 0.25) is 0 Å². The number of esters is 1. The third-order valence-electron chi connectivity index (χ3n) is 4.53. The maximum Gasteiger partial charge on any atom is 0.417 e. The zero-order valence-electron chi connectivity index (χ0n) is 15.2. The van der Waals surface area contributed by atoms with Crippen LogP contribution in [0.5, 0.6) is 0 Å². The van der Waals surface area contributed by atoms with Gasteiger partial charge in [-0.15, -0.1) is 0 Å². The van der Waals surface area contributed by atoms with Crippen molar-refractivity contribution in [2.24, 2.45) is 0 Å². The van der Waals surface area contributed by atoms with E-state index in [1.165, 1.54) is 42.3 Å². The highest BCUT2D eigenvalue weighted by atomic mass is 32.1. The number of benzene rings is 2. The van der Waals surface area contributed by atoms with Gasteiger partial charge in [0.05, 0.1) is 18.2 Å². The smallest absolute Gasteiger partial charge is 0.417 e. The van der Waals surface area contributed by atoms with Gasteiger partial charge in [0.25, 0.3) is 0 Å². The summed E-state index contributed by atoms with van der Waals surface area (Å²) in [5.41, 5.74) is -1.11. The number of halogens is 4. The van der Waals surface area contributed by atoms with Gasteiger partial charge in [0.15, 0.2) is 0 Å². The average molecular weight is 421 g/mol. The van der Waals surface area contributed by atoms with Crippen molar-refractivity contribution in [1.29, 1.82) is 0 Å². The van der Waals surface area contributed by atoms with E-state index in [0.29, 0.717) is 13.0 Å². The first-order valence-corrected chi connectivity index (χ1v) is 9.00. The van der Waals surface area contributed by atoms with Crippen LogP contribution < -0.4 is 0 Å². The first-order valence-electron chi connectivity index (χ1n) is 8.59. The predicted molar refractivity (Wildman–Crippen MR) is 103 cm³/mol. The van der Waals surface area contributed by atoms with Crippen molar-refractivity contribution in [2.75, 3.05) is 13.7 Å². The molecule has 2 aromatic rings. The number of methoxy groups -OCH3 is 1. The van der Waals surface area contributed by atoms with Crippen molar-refractivity contribution >= 4 is 23.2 Å². The molecule has 150 valence electrons. The molecule has 1 aliphatic heterocycles. The predicted octanol–water partition coefficient (Wildman–Crippen LogP) is 4.17. The van der Waals surface area contributed by atoms with E-state index in [2.05, 4.69) is 16.6 Å². The monoisotopic (exact) mass is 421 g/mol. The number of carbonyl (C=O) groups excluding carboxylic acids is 1. The number of thiocarbonyl (C=S) groups is 1. The number of ether oxygens (including phenoxy) is 1. The highest BCUT2D eigenvalue weighted by Gasteiger charge is 2.38. The summed E-state index contributed by atoms with van der Waals surface area (Å²) >= 11 is 5.29. The fourth-order valence-electron chi connectivity index (χ4n) is 2.90. The van der Waals surface area contributed by atoms with Gasteiger partial charge in [0, 0.05) is 17.7 Å². The molecule has 1 heterocycles. The molecule has 0 bridgehead atoms. The van der Waals surface area contributed by atoms with Gasteiger partial charge in [-0.2, -0.15) is 13.2 Å². The van der Waals surface area contributed by atoms with E-state index in [-0.39, 0.29) is 21.7 Å². The van der Waals surface area contributed by atoms with Crippen LogP contribution in [0.2, 0.25) is 0 Å². The molecule has 3 rings (SSSR count). The summed E-state index contributed by atoms with van der Waals surface area (Å²) in [5, 5.41) is 0. The molecule has 8 heteroatoms. The maximum atomic E-state index is 13.7. The first-order chi connectivity index (χ1) is 13.7. The largest absolute Gasteiger partial charge is 0.467 e. The van der Waals surface area contributed by atoms with Crippen LogP contribution in [0.15, 0.2) is 42.5 Å². The normalized spacial score (nSPS) is 15.8. The highest BCUT2D eigenvalue weighted by Crippen LogP contribution is 2.33. The summed E-state index contributed by atoms with van der Waals surface area (Å²) in [4.78, 5) is 13.4. The van der Waals surface area contributed by atoms with Crippen LogP contribution in [0.25, 0.3) is 0 Å². The number of hydrogen-bond acceptors (Lipinski definition) is 3. The first kappa shape index (κ1) is 20.8. The van der Waals surface area contributed by atoms with Crippen LogP contribution in [0.1, 0.15) is 28.7 Å². The molecule has 0 aromatic heterocycles. The molecule has 0 N–H and O–H groups in total. The van der Waals surface area contributed by atoms with Crippen molar-refractivity contribution in [1.82, 2.24) is 4.90 Å². The minimum absolute atomic E-state index is 0.00159. The quantitative estimate of drug-likeness (QED) is 0.315. The van der Waals surface area contributed by atoms with E-state index in [4.69, 9.17) is 12.2 Å². The van der Waals surface area contributed by atoms with Crippen molar-refractivity contribution < 1.29 is 27.1 Å². The summed E-state index contributed by atoms with van der Waals surface area (Å²) in [6.07, 6.45) is -4.16. The van der Waals surface area contributed by atoms with Crippen LogP contribution in [0.3, 0.4) is 0 Å². The second kappa shape index (κ2) is 8.21. The summed E-state index contributed by atoms with van der Waals surface area (Å²) in [6.45, 7) is 0.453. The van der Waals surface area contributed by atoms with E-state index < -0.39 is 29.6 Å². The van der Waals surface area contributed by atoms with Gasteiger partial charge >= 0.3 is 12.1 Å². The highest BCUT2D eigenvalue weighted by molar-refractivity contribution is 7.80. The molecule has 1 atom stereocenters. The van der Waals surface area contributed by atoms with E-state index in [1.807, 2.05) is 0 Å². The molecule has 1 aliphatic rings. The van der Waals surface area contributed by atoms with Crippen LogP contribution in [0.4, 0.5) is 17.6 Å². The molecule has 3 nitrogen and oxygen atoms in total. The number of hydrogen-bond donors (Lipinski definition) is 0. The Labute approximate surface area is 170 Å². The Morgan fingerprint density at radius 2 is 1.86 bits per heavy atom. The second-order valence-corrected chi connectivity index (χ2v) is 6.70. The zero-order valence-corrected chi connectivity index (χ0v) is 16.0. The minimum atomic E-state index is -4.68. The van der Waals surface area contributed by atoms with Crippen molar-refractivity contribution in [3.8, 4) is 11.8 Å². The van der Waals surface area contributed by atoms with E-state index >= 15 is 0 Å². The number of rotatable bonds is 2. The summed E-state index contributed by atoms with van der Waals surface area (Å²) in [7, 11) is 1.24. The molecule has 0 amide bonds. The SMILES string of the molecule is COC(=O)[C@H]1CCN1C(=S)c1ccc(C#Cc2ccccc2F)c(C(F)(F)F)c1. The van der Waals surface area contributed by atoms with Gasteiger partial charge in [-0.1, -0.05) is 42.3 Å². The lowest BCUT2D eigenvalue weighted by atomic mass is 9.99. The van der Waals surface area contributed by atoms with Gasteiger partial charge in [-0.25, -0.2) is 9.18 Å². The number of alkyl halides is 3. The van der Waals surface area contributed by atoms with E-state index in [1.54, 1.807) is 6.07 Å². The molecule has 1 fully saturated rings. The molecule has 1 saturated heterocycles. The van der Waals surface area contributed by atoms with Gasteiger partial charge < -0.3 is 9.64 Å². The summed E-state index contributed by atoms with van der Waals surface area (Å²) < 4.78 is 59.1. The van der Waals surface area contributed by atoms with Crippen LogP contribution in [0, 0.1) is 17.7 Å². The molecular weight excluding hydrogens is 406 g/mol. The Morgan fingerprint density at radius 3 is 2.45 bits per heavy atom. The lowest BCUT2D eigenvalue weighted by Crippen LogP contribution is -2.55. The Morgan fingerprint density at radius 1 is 1.17 bits per heavy atom. The van der Waals surface area contributed by atoms with Crippen LogP contribution >= 0.6 is 12.2 Å². The van der Waals surface area contributed by atoms with Gasteiger partial charge in [0.1, 0.15) is 16.8 Å². The minimum Gasteiger partial charge on any atom is -0.467 e. The molecule has 0 unspecified atom stereocenters. The van der Waals surface area contributed by atoms with Crippen molar-refractivity contribution in [2.45, 2.75) is 18.6 Å². The average Bonchev–Trinajstić information content (AvgIpc) is 2.65. The zero-order chi connectivity index (χ0) is 21.2. The lowest BCUT2D eigenvalue weighted by Gasteiger charge is -2.40. The molecule has 2 aromatic carbocycles. The Bertz CT molecular complexity index is 1020. The maximum absolute atomic E-state index is 13.7. The molecule has 0 aliphatic carbocycles. The van der Waals surface area contributed by atoms with E-state index in [9.17, 15) is 22.4 Å². The fraction of sp³-hybridized carbons (Fsp3) is 0.238. The molecule has 0 radical (unpaired) electrons. The Hall–Kier alpha value is -2.92. The Balaban J connectivity index is 1.95. The third kappa shape index (κ3) is 4.40. The number of likely N-dealkylation sites (tertiary alicyclic amines) is 1. The second-order valence-electron chi connectivity index (χ2n) is 6.31.